The van der Waals surface area contributed by atoms with E-state index in [4.69, 9.17) is 0 Å². The van der Waals surface area contributed by atoms with Crippen molar-refractivity contribution in [2.24, 2.45) is 5.41 Å². The minimum absolute atomic E-state index is 0.167. The molecule has 4 heterocycles. The lowest BCUT2D eigenvalue weighted by molar-refractivity contribution is -0.139. The first-order valence-corrected chi connectivity index (χ1v) is 9.99. The Balaban J connectivity index is 1.44. The second kappa shape index (κ2) is 6.89. The van der Waals surface area contributed by atoms with Crippen LogP contribution in [0, 0.1) is 12.3 Å². The third-order valence-corrected chi connectivity index (χ3v) is 6.38. The number of aromatic nitrogens is 1. The lowest BCUT2D eigenvalue weighted by Crippen LogP contribution is -2.47. The number of thiophene rings is 1. The zero-order valence-corrected chi connectivity index (χ0v) is 15.6. The van der Waals surface area contributed by atoms with Gasteiger partial charge < -0.3 is 4.90 Å². The van der Waals surface area contributed by atoms with Crippen LogP contribution in [0.15, 0.2) is 35.7 Å². The highest BCUT2D eigenvalue weighted by Gasteiger charge is 2.48. The summed E-state index contributed by atoms with van der Waals surface area (Å²) in [5.41, 5.74) is 1.84. The number of nitrogens with zero attached hydrogens (tertiary/aromatic N) is 3. The number of carbonyl (C=O) groups excluding carboxylic acids is 1. The highest BCUT2D eigenvalue weighted by molar-refractivity contribution is 7.09. The van der Waals surface area contributed by atoms with Gasteiger partial charge in [0, 0.05) is 30.2 Å². The van der Waals surface area contributed by atoms with Gasteiger partial charge in [0.15, 0.2) is 0 Å². The molecule has 0 bridgehead atoms. The monoisotopic (exact) mass is 355 g/mol. The molecule has 2 aliphatic rings. The molecule has 4 rings (SSSR count). The number of aryl methyl sites for hydroxylation is 1. The molecule has 1 spiro atoms. The van der Waals surface area contributed by atoms with Crippen LogP contribution < -0.4 is 0 Å². The topological polar surface area (TPSA) is 36.4 Å². The summed E-state index contributed by atoms with van der Waals surface area (Å²) in [6, 6.07) is 10.3. The van der Waals surface area contributed by atoms with E-state index >= 15 is 0 Å². The Morgan fingerprint density at radius 2 is 2.08 bits per heavy atom. The fraction of sp³-hybridized carbons (Fsp3) is 0.500. The molecule has 5 heteroatoms. The van der Waals surface area contributed by atoms with Crippen molar-refractivity contribution < 1.29 is 4.79 Å². The molecule has 4 nitrogen and oxygen atoms in total. The van der Waals surface area contributed by atoms with Crippen LogP contribution in [-0.2, 0) is 17.9 Å². The summed E-state index contributed by atoms with van der Waals surface area (Å²) >= 11 is 1.81. The largest absolute Gasteiger partial charge is 0.336 e. The molecular weight excluding hydrogens is 330 g/mol. The van der Waals surface area contributed by atoms with Crippen LogP contribution in [0.3, 0.4) is 0 Å². The van der Waals surface area contributed by atoms with E-state index in [2.05, 4.69) is 27.4 Å². The Labute approximate surface area is 153 Å². The molecule has 2 fully saturated rings. The van der Waals surface area contributed by atoms with Crippen molar-refractivity contribution >= 4 is 17.2 Å². The van der Waals surface area contributed by atoms with Crippen molar-refractivity contribution in [3.05, 3.63) is 52.0 Å². The average molecular weight is 356 g/mol. The Morgan fingerprint density at radius 1 is 1.16 bits per heavy atom. The summed E-state index contributed by atoms with van der Waals surface area (Å²) in [6.45, 7) is 6.49. The standard InChI is InChI=1S/C20H25N3OS/c1-16-5-2-6-17(21-16)13-23-11-9-20(19(23)24)8-4-10-22(15-20)14-18-7-3-12-25-18/h2-3,5-7,12H,4,8-11,13-15H2,1H3/t20-/m0/s1. The van der Waals surface area contributed by atoms with Crippen LogP contribution >= 0.6 is 11.3 Å². The minimum atomic E-state index is -0.167. The van der Waals surface area contributed by atoms with Gasteiger partial charge in [0.1, 0.15) is 0 Å². The number of amides is 1. The van der Waals surface area contributed by atoms with Crippen molar-refractivity contribution in [1.29, 1.82) is 0 Å². The fourth-order valence-corrected chi connectivity index (χ4v) is 5.04. The van der Waals surface area contributed by atoms with Crippen molar-refractivity contribution in [2.45, 2.75) is 39.3 Å². The van der Waals surface area contributed by atoms with Crippen molar-refractivity contribution in [3.8, 4) is 0 Å². The molecule has 25 heavy (non-hydrogen) atoms. The summed E-state index contributed by atoms with van der Waals surface area (Å²) in [4.78, 5) is 23.7. The van der Waals surface area contributed by atoms with Gasteiger partial charge in [0.25, 0.3) is 0 Å². The van der Waals surface area contributed by atoms with Crippen LogP contribution in [0.25, 0.3) is 0 Å². The maximum atomic E-state index is 13.2. The van der Waals surface area contributed by atoms with Gasteiger partial charge in [-0.25, -0.2) is 0 Å². The first kappa shape index (κ1) is 16.7. The molecule has 0 unspecified atom stereocenters. The number of carbonyl (C=O) groups is 1. The molecule has 2 aromatic rings. The Morgan fingerprint density at radius 3 is 2.88 bits per heavy atom. The maximum absolute atomic E-state index is 13.2. The Bertz CT molecular complexity index is 745. The molecule has 0 aromatic carbocycles. The van der Waals surface area contributed by atoms with Gasteiger partial charge in [-0.3, -0.25) is 14.7 Å². The van der Waals surface area contributed by atoms with Gasteiger partial charge in [0.05, 0.1) is 17.7 Å². The maximum Gasteiger partial charge on any atom is 0.230 e. The highest BCUT2D eigenvalue weighted by Crippen LogP contribution is 2.41. The highest BCUT2D eigenvalue weighted by atomic mass is 32.1. The first-order valence-electron chi connectivity index (χ1n) is 9.11. The van der Waals surface area contributed by atoms with Gasteiger partial charge in [-0.2, -0.15) is 0 Å². The van der Waals surface area contributed by atoms with Crippen LogP contribution in [0.4, 0.5) is 0 Å². The molecule has 1 amide bonds. The Hall–Kier alpha value is -1.72. The summed E-state index contributed by atoms with van der Waals surface area (Å²) < 4.78 is 0. The van der Waals surface area contributed by atoms with E-state index in [1.807, 2.05) is 30.0 Å². The zero-order chi connectivity index (χ0) is 17.3. The SMILES string of the molecule is Cc1cccc(CN2CC[C@]3(CCCN(Cc4cccs4)C3)C2=O)n1. The van der Waals surface area contributed by atoms with E-state index in [9.17, 15) is 4.79 Å². The molecule has 0 aliphatic carbocycles. The third kappa shape index (κ3) is 3.48. The number of rotatable bonds is 4. The number of piperidine rings is 1. The zero-order valence-electron chi connectivity index (χ0n) is 14.8. The quantitative estimate of drug-likeness (QED) is 0.843. The summed E-state index contributed by atoms with van der Waals surface area (Å²) in [6.07, 6.45) is 3.14. The van der Waals surface area contributed by atoms with E-state index < -0.39 is 0 Å². The fourth-order valence-electron chi connectivity index (χ4n) is 4.29. The molecule has 2 saturated heterocycles. The molecule has 0 saturated carbocycles. The number of pyridine rings is 1. The van der Waals surface area contributed by atoms with Crippen molar-refractivity contribution in [2.75, 3.05) is 19.6 Å². The van der Waals surface area contributed by atoms with Gasteiger partial charge in [0.2, 0.25) is 5.91 Å². The molecule has 0 N–H and O–H groups in total. The van der Waals surface area contributed by atoms with E-state index in [0.29, 0.717) is 12.5 Å². The first-order chi connectivity index (χ1) is 12.1. The third-order valence-electron chi connectivity index (χ3n) is 5.52. The Kier molecular flexibility index (Phi) is 4.61. The minimum Gasteiger partial charge on any atom is -0.336 e. The lowest BCUT2D eigenvalue weighted by atomic mass is 9.78. The van der Waals surface area contributed by atoms with Gasteiger partial charge in [-0.15, -0.1) is 11.3 Å². The molecule has 132 valence electrons. The van der Waals surface area contributed by atoms with Crippen LogP contribution in [0.2, 0.25) is 0 Å². The van der Waals surface area contributed by atoms with E-state index in [1.165, 1.54) is 4.88 Å². The molecule has 0 radical (unpaired) electrons. The van der Waals surface area contributed by atoms with Crippen LogP contribution in [0.1, 0.15) is 35.5 Å². The number of hydrogen-bond donors (Lipinski definition) is 0. The van der Waals surface area contributed by atoms with Gasteiger partial charge >= 0.3 is 0 Å². The molecule has 2 aliphatic heterocycles. The molecular formula is C20H25N3OS. The second-order valence-corrected chi connectivity index (χ2v) is 8.45. The second-order valence-electron chi connectivity index (χ2n) is 7.42. The summed E-state index contributed by atoms with van der Waals surface area (Å²) in [7, 11) is 0. The normalized spacial score (nSPS) is 24.4. The molecule has 2 aromatic heterocycles. The predicted octanol–water partition coefficient (Wildman–Crippen LogP) is 3.47. The summed E-state index contributed by atoms with van der Waals surface area (Å²) in [5.74, 6) is 0.340. The van der Waals surface area contributed by atoms with Crippen LogP contribution in [-0.4, -0.2) is 40.3 Å². The predicted molar refractivity (Wildman–Crippen MR) is 100 cm³/mol. The summed E-state index contributed by atoms with van der Waals surface area (Å²) in [5, 5.41) is 2.13. The number of hydrogen-bond acceptors (Lipinski definition) is 4. The lowest BCUT2D eigenvalue weighted by Gasteiger charge is -2.38. The van der Waals surface area contributed by atoms with Crippen LogP contribution in [0.5, 0.6) is 0 Å². The van der Waals surface area contributed by atoms with E-state index in [-0.39, 0.29) is 5.41 Å². The molecule has 1 atom stereocenters. The number of likely N-dealkylation sites (tertiary alicyclic amines) is 2. The smallest absolute Gasteiger partial charge is 0.230 e. The van der Waals surface area contributed by atoms with Gasteiger partial charge in [-0.05, 0) is 56.3 Å². The van der Waals surface area contributed by atoms with E-state index in [0.717, 1.165) is 56.8 Å². The average Bonchev–Trinajstić information content (AvgIpc) is 3.20. The van der Waals surface area contributed by atoms with Crippen molar-refractivity contribution in [1.82, 2.24) is 14.8 Å². The van der Waals surface area contributed by atoms with Gasteiger partial charge in [-0.1, -0.05) is 12.1 Å². The van der Waals surface area contributed by atoms with E-state index in [1.54, 1.807) is 11.3 Å². The van der Waals surface area contributed by atoms with Crippen molar-refractivity contribution in [3.63, 3.8) is 0 Å².